The number of hydrogen-bond donors (Lipinski definition) is 0. The van der Waals surface area contributed by atoms with Crippen LogP contribution in [0.2, 0.25) is 0 Å². The predicted octanol–water partition coefficient (Wildman–Crippen LogP) is 2.42. The first kappa shape index (κ1) is 16.1. The Morgan fingerprint density at radius 1 is 1.00 bits per heavy atom. The molecular weight excluding hydrogens is 392 g/mol. The number of fused-ring (bicyclic) bond motifs is 4. The van der Waals surface area contributed by atoms with E-state index in [4.69, 9.17) is 0 Å². The maximum atomic E-state index is 13.0. The molecule has 2 unspecified atom stereocenters. The first-order valence-electron chi connectivity index (χ1n) is 7.90. The number of sulfonamides is 1. The molecule has 1 saturated heterocycles. The van der Waals surface area contributed by atoms with Gasteiger partial charge in [0.25, 0.3) is 5.56 Å². The summed E-state index contributed by atoms with van der Waals surface area (Å²) in [4.78, 5) is 12.4. The summed E-state index contributed by atoms with van der Waals surface area (Å²) >= 11 is 3.33. The molecule has 0 N–H and O–H groups in total. The van der Waals surface area contributed by atoms with E-state index in [1.165, 1.54) is 0 Å². The van der Waals surface area contributed by atoms with Crippen LogP contribution in [0.25, 0.3) is 0 Å². The first-order valence-corrected chi connectivity index (χ1v) is 10.1. The third kappa shape index (κ3) is 2.64. The van der Waals surface area contributed by atoms with Gasteiger partial charge in [0.15, 0.2) is 0 Å². The maximum absolute atomic E-state index is 13.0. The van der Waals surface area contributed by atoms with E-state index in [2.05, 4.69) is 15.9 Å². The lowest BCUT2D eigenvalue weighted by Gasteiger charge is -2.42. The summed E-state index contributed by atoms with van der Waals surface area (Å²) < 4.78 is 30.1. The predicted molar refractivity (Wildman–Crippen MR) is 94.5 cm³/mol. The summed E-state index contributed by atoms with van der Waals surface area (Å²) in [6.45, 7) is 1.49. The Labute approximate surface area is 149 Å². The average molecular weight is 409 g/mol. The van der Waals surface area contributed by atoms with Gasteiger partial charge in [0, 0.05) is 41.8 Å². The summed E-state index contributed by atoms with van der Waals surface area (Å²) in [6, 6.07) is 12.0. The summed E-state index contributed by atoms with van der Waals surface area (Å²) in [5, 5.41) is 0. The summed E-state index contributed by atoms with van der Waals surface area (Å²) in [6.07, 6.45) is 0.940. The molecule has 0 aliphatic carbocycles. The lowest BCUT2D eigenvalue weighted by atomic mass is 9.84. The highest BCUT2D eigenvalue weighted by Gasteiger charge is 2.39. The number of piperidine rings is 1. The molecule has 5 nitrogen and oxygen atoms in total. The monoisotopic (exact) mass is 408 g/mol. The first-order chi connectivity index (χ1) is 11.4. The van der Waals surface area contributed by atoms with Gasteiger partial charge in [-0.1, -0.05) is 22.0 Å². The molecule has 0 spiro atoms. The molecular formula is C17H17BrN2O3S. The van der Waals surface area contributed by atoms with Crippen LogP contribution >= 0.6 is 15.9 Å². The quantitative estimate of drug-likeness (QED) is 0.766. The molecule has 24 heavy (non-hydrogen) atoms. The van der Waals surface area contributed by atoms with Crippen LogP contribution in [-0.2, 0) is 16.6 Å². The molecule has 2 bridgehead atoms. The van der Waals surface area contributed by atoms with Crippen molar-refractivity contribution in [1.82, 2.24) is 8.87 Å². The third-order valence-electron chi connectivity index (χ3n) is 4.90. The number of benzene rings is 1. The van der Waals surface area contributed by atoms with Crippen LogP contribution in [0, 0.1) is 5.92 Å². The minimum absolute atomic E-state index is 0.00594. The minimum atomic E-state index is -3.51. The normalized spacial score (nSPS) is 23.7. The number of halogens is 1. The van der Waals surface area contributed by atoms with Crippen molar-refractivity contribution < 1.29 is 8.42 Å². The van der Waals surface area contributed by atoms with Crippen LogP contribution in [0.15, 0.2) is 56.6 Å². The van der Waals surface area contributed by atoms with Gasteiger partial charge in [-0.2, -0.15) is 4.31 Å². The van der Waals surface area contributed by atoms with Crippen molar-refractivity contribution >= 4 is 26.0 Å². The van der Waals surface area contributed by atoms with Gasteiger partial charge in [0.05, 0.1) is 4.90 Å². The molecule has 126 valence electrons. The van der Waals surface area contributed by atoms with Crippen LogP contribution in [-0.4, -0.2) is 30.4 Å². The van der Waals surface area contributed by atoms with Crippen molar-refractivity contribution in [2.75, 3.05) is 13.1 Å². The highest BCUT2D eigenvalue weighted by Crippen LogP contribution is 2.37. The number of rotatable bonds is 2. The lowest BCUT2D eigenvalue weighted by molar-refractivity contribution is 0.186. The second kappa shape index (κ2) is 5.82. The molecule has 1 fully saturated rings. The van der Waals surface area contributed by atoms with Gasteiger partial charge in [0.1, 0.15) is 0 Å². The van der Waals surface area contributed by atoms with E-state index < -0.39 is 10.0 Å². The molecule has 0 radical (unpaired) electrons. The Balaban J connectivity index is 1.69. The average Bonchev–Trinajstić information content (AvgIpc) is 2.56. The van der Waals surface area contributed by atoms with Crippen molar-refractivity contribution in [2.24, 2.45) is 5.92 Å². The zero-order chi connectivity index (χ0) is 16.9. The maximum Gasteiger partial charge on any atom is 0.250 e. The second-order valence-electron chi connectivity index (χ2n) is 6.47. The summed E-state index contributed by atoms with van der Waals surface area (Å²) in [7, 11) is -3.51. The van der Waals surface area contributed by atoms with E-state index in [1.807, 2.05) is 10.6 Å². The van der Waals surface area contributed by atoms with Gasteiger partial charge in [-0.15, -0.1) is 0 Å². The number of aromatic nitrogens is 1. The van der Waals surface area contributed by atoms with E-state index in [-0.39, 0.29) is 17.4 Å². The lowest BCUT2D eigenvalue weighted by Crippen LogP contribution is -2.48. The smallest absolute Gasteiger partial charge is 0.250 e. The van der Waals surface area contributed by atoms with Gasteiger partial charge < -0.3 is 4.57 Å². The number of hydrogen-bond acceptors (Lipinski definition) is 3. The molecule has 0 amide bonds. The Hall–Kier alpha value is -1.44. The van der Waals surface area contributed by atoms with Crippen LogP contribution in [0.4, 0.5) is 0 Å². The van der Waals surface area contributed by atoms with Gasteiger partial charge >= 0.3 is 0 Å². The standard InChI is InChI=1S/C17H17BrN2O3S/c18-14-4-6-15(7-5-14)24(22,23)19-9-12-8-13(11-19)16-2-1-3-17(21)20(16)10-12/h1-7,12-13H,8-11H2. The van der Waals surface area contributed by atoms with Gasteiger partial charge in [0.2, 0.25) is 10.0 Å². The fourth-order valence-corrected chi connectivity index (χ4v) is 5.63. The Morgan fingerprint density at radius 3 is 2.50 bits per heavy atom. The molecule has 2 aliphatic heterocycles. The van der Waals surface area contributed by atoms with Crippen molar-refractivity contribution in [3.8, 4) is 0 Å². The molecule has 2 atom stereocenters. The molecule has 0 saturated carbocycles. The third-order valence-corrected chi connectivity index (χ3v) is 7.27. The minimum Gasteiger partial charge on any atom is -0.312 e. The van der Waals surface area contributed by atoms with E-state index >= 15 is 0 Å². The molecule has 3 heterocycles. The van der Waals surface area contributed by atoms with Crippen molar-refractivity contribution in [3.63, 3.8) is 0 Å². The highest BCUT2D eigenvalue weighted by molar-refractivity contribution is 9.10. The fraction of sp³-hybridized carbons (Fsp3) is 0.353. The van der Waals surface area contributed by atoms with Gasteiger partial charge in [-0.3, -0.25) is 4.79 Å². The highest BCUT2D eigenvalue weighted by atomic mass is 79.9. The number of nitrogens with zero attached hydrogens (tertiary/aromatic N) is 2. The Kier molecular flexibility index (Phi) is 3.89. The Bertz CT molecular complexity index is 937. The molecule has 2 aliphatic rings. The topological polar surface area (TPSA) is 59.4 Å². The summed E-state index contributed by atoms with van der Waals surface area (Å²) in [5.74, 6) is 0.262. The molecule has 1 aromatic carbocycles. The van der Waals surface area contributed by atoms with Crippen molar-refractivity contribution in [2.45, 2.75) is 23.8 Å². The van der Waals surface area contributed by atoms with Gasteiger partial charge in [-0.25, -0.2) is 8.42 Å². The van der Waals surface area contributed by atoms with Crippen LogP contribution < -0.4 is 5.56 Å². The SMILES string of the molecule is O=c1cccc2n1CC1CC2CN(S(=O)(=O)c2ccc(Br)cc2)C1. The second-order valence-corrected chi connectivity index (χ2v) is 9.33. The molecule has 2 aromatic rings. The summed E-state index contributed by atoms with van der Waals surface area (Å²) in [5.41, 5.74) is 0.959. The van der Waals surface area contributed by atoms with Crippen molar-refractivity contribution in [3.05, 3.63) is 63.0 Å². The van der Waals surface area contributed by atoms with E-state index in [9.17, 15) is 13.2 Å². The molecule has 7 heteroatoms. The molecule has 4 rings (SSSR count). The van der Waals surface area contributed by atoms with Crippen molar-refractivity contribution in [1.29, 1.82) is 0 Å². The number of pyridine rings is 1. The van der Waals surface area contributed by atoms with E-state index in [0.29, 0.717) is 24.5 Å². The zero-order valence-corrected chi connectivity index (χ0v) is 15.3. The van der Waals surface area contributed by atoms with E-state index in [1.54, 1.807) is 40.7 Å². The Morgan fingerprint density at radius 2 is 1.75 bits per heavy atom. The van der Waals surface area contributed by atoms with Gasteiger partial charge in [-0.05, 0) is 42.7 Å². The van der Waals surface area contributed by atoms with Crippen LogP contribution in [0.1, 0.15) is 18.0 Å². The van der Waals surface area contributed by atoms with E-state index in [0.717, 1.165) is 16.6 Å². The molecule has 1 aromatic heterocycles. The van der Waals surface area contributed by atoms with Crippen LogP contribution in [0.3, 0.4) is 0 Å². The zero-order valence-electron chi connectivity index (χ0n) is 12.9. The largest absolute Gasteiger partial charge is 0.312 e. The fourth-order valence-electron chi connectivity index (χ4n) is 3.80. The van der Waals surface area contributed by atoms with Crippen LogP contribution in [0.5, 0.6) is 0 Å².